The monoisotopic (exact) mass is 306 g/mol. The minimum atomic E-state index is 0.325. The minimum Gasteiger partial charge on any atom is -0.439 e. The maximum absolute atomic E-state index is 6.09. The summed E-state index contributed by atoms with van der Waals surface area (Å²) in [6.07, 6.45) is 0.843. The number of pyridine rings is 1. The average Bonchev–Trinajstić information content (AvgIpc) is 2.40. The standard InChI is InChI=1S/C15H15ClN2OS/c1-3-10-7-12(4-5-13(10)16)19-14-8-11(15(17)20)6-9(2)18-14/h4-8H,3H2,1-2H3,(H2,17,20). The van der Waals surface area contributed by atoms with Crippen molar-refractivity contribution >= 4 is 28.8 Å². The number of rotatable bonds is 4. The van der Waals surface area contributed by atoms with Gasteiger partial charge in [-0.1, -0.05) is 30.7 Å². The third-order valence-corrected chi connectivity index (χ3v) is 3.44. The third kappa shape index (κ3) is 3.46. The highest BCUT2D eigenvalue weighted by atomic mass is 35.5. The molecule has 1 aromatic carbocycles. The van der Waals surface area contributed by atoms with Crippen LogP contribution in [0.25, 0.3) is 0 Å². The summed E-state index contributed by atoms with van der Waals surface area (Å²) in [5.74, 6) is 1.16. The fourth-order valence-corrected chi connectivity index (χ4v) is 2.21. The van der Waals surface area contributed by atoms with Crippen molar-refractivity contribution in [1.82, 2.24) is 4.98 Å². The van der Waals surface area contributed by atoms with Crippen LogP contribution >= 0.6 is 23.8 Å². The van der Waals surface area contributed by atoms with Crippen LogP contribution in [0.5, 0.6) is 11.6 Å². The Labute approximate surface area is 128 Å². The quantitative estimate of drug-likeness (QED) is 0.866. The van der Waals surface area contributed by atoms with Crippen molar-refractivity contribution in [3.05, 3.63) is 52.2 Å². The van der Waals surface area contributed by atoms with Gasteiger partial charge in [-0.25, -0.2) is 4.98 Å². The van der Waals surface area contributed by atoms with Crippen LogP contribution in [0.15, 0.2) is 30.3 Å². The highest BCUT2D eigenvalue weighted by Crippen LogP contribution is 2.26. The molecule has 0 fully saturated rings. The second-order valence-electron chi connectivity index (χ2n) is 4.41. The molecule has 0 spiro atoms. The van der Waals surface area contributed by atoms with Gasteiger partial charge in [-0.05, 0) is 43.2 Å². The number of aromatic nitrogens is 1. The number of nitrogens with two attached hydrogens (primary N) is 1. The zero-order valence-electron chi connectivity index (χ0n) is 11.3. The molecule has 0 amide bonds. The largest absolute Gasteiger partial charge is 0.439 e. The first-order valence-electron chi connectivity index (χ1n) is 6.24. The summed E-state index contributed by atoms with van der Waals surface area (Å²) in [5.41, 5.74) is 8.22. The van der Waals surface area contributed by atoms with Crippen LogP contribution < -0.4 is 10.5 Å². The molecule has 0 aliphatic carbocycles. The second kappa shape index (κ2) is 6.20. The van der Waals surface area contributed by atoms with E-state index in [1.165, 1.54) is 0 Å². The van der Waals surface area contributed by atoms with Crippen LogP contribution in [0.3, 0.4) is 0 Å². The zero-order chi connectivity index (χ0) is 14.7. The van der Waals surface area contributed by atoms with Gasteiger partial charge in [0.2, 0.25) is 5.88 Å². The summed E-state index contributed by atoms with van der Waals surface area (Å²) < 4.78 is 5.76. The molecule has 104 valence electrons. The van der Waals surface area contributed by atoms with E-state index in [1.807, 2.05) is 38.1 Å². The first-order valence-corrected chi connectivity index (χ1v) is 7.03. The Balaban J connectivity index is 2.32. The molecule has 2 rings (SSSR count). The highest BCUT2D eigenvalue weighted by Gasteiger charge is 2.06. The Kier molecular flexibility index (Phi) is 4.57. The van der Waals surface area contributed by atoms with E-state index < -0.39 is 0 Å². The summed E-state index contributed by atoms with van der Waals surface area (Å²) in [5, 5.41) is 0.737. The maximum Gasteiger partial charge on any atom is 0.220 e. The number of nitrogens with zero attached hydrogens (tertiary/aromatic N) is 1. The lowest BCUT2D eigenvalue weighted by atomic mass is 10.1. The first-order chi connectivity index (χ1) is 9.49. The number of hydrogen-bond acceptors (Lipinski definition) is 3. The number of halogens is 1. The molecule has 3 nitrogen and oxygen atoms in total. The van der Waals surface area contributed by atoms with Gasteiger partial charge < -0.3 is 10.5 Å². The molecule has 0 aliphatic heterocycles. The summed E-state index contributed by atoms with van der Waals surface area (Å²) in [4.78, 5) is 4.64. The van der Waals surface area contributed by atoms with E-state index in [4.69, 9.17) is 34.3 Å². The Morgan fingerprint density at radius 2 is 2.10 bits per heavy atom. The van der Waals surface area contributed by atoms with Crippen molar-refractivity contribution in [2.75, 3.05) is 0 Å². The van der Waals surface area contributed by atoms with Gasteiger partial charge in [-0.15, -0.1) is 0 Å². The number of benzene rings is 1. The van der Waals surface area contributed by atoms with Gasteiger partial charge >= 0.3 is 0 Å². The van der Waals surface area contributed by atoms with Crippen LogP contribution in [0, 0.1) is 6.92 Å². The average molecular weight is 307 g/mol. The lowest BCUT2D eigenvalue weighted by molar-refractivity contribution is 0.461. The van der Waals surface area contributed by atoms with Crippen LogP contribution in [0.2, 0.25) is 5.02 Å². The molecule has 1 heterocycles. The number of aryl methyl sites for hydroxylation is 2. The third-order valence-electron chi connectivity index (χ3n) is 2.83. The number of ether oxygens (including phenoxy) is 1. The molecule has 0 radical (unpaired) electrons. The molecule has 0 saturated heterocycles. The Morgan fingerprint density at radius 1 is 1.35 bits per heavy atom. The fraction of sp³-hybridized carbons (Fsp3) is 0.200. The van der Waals surface area contributed by atoms with Gasteiger partial charge in [-0.3, -0.25) is 0 Å². The molecule has 0 bridgehead atoms. The summed E-state index contributed by atoms with van der Waals surface area (Å²) in [6, 6.07) is 9.10. The van der Waals surface area contributed by atoms with Crippen LogP contribution in [0.4, 0.5) is 0 Å². The Morgan fingerprint density at radius 3 is 2.75 bits per heavy atom. The second-order valence-corrected chi connectivity index (χ2v) is 5.26. The van der Waals surface area contributed by atoms with Crippen molar-refractivity contribution in [3.63, 3.8) is 0 Å². The van der Waals surface area contributed by atoms with Gasteiger partial charge in [-0.2, -0.15) is 0 Å². The van der Waals surface area contributed by atoms with E-state index >= 15 is 0 Å². The van der Waals surface area contributed by atoms with Crippen molar-refractivity contribution < 1.29 is 4.74 Å². The topological polar surface area (TPSA) is 48.1 Å². The van der Waals surface area contributed by atoms with Gasteiger partial charge in [0.15, 0.2) is 0 Å². The van der Waals surface area contributed by atoms with E-state index in [0.717, 1.165) is 28.3 Å². The summed E-state index contributed by atoms with van der Waals surface area (Å²) >= 11 is 11.1. The molecule has 0 aliphatic rings. The Bertz CT molecular complexity index is 658. The van der Waals surface area contributed by atoms with Crippen molar-refractivity contribution in [1.29, 1.82) is 0 Å². The maximum atomic E-state index is 6.09. The van der Waals surface area contributed by atoms with E-state index in [9.17, 15) is 0 Å². The zero-order valence-corrected chi connectivity index (χ0v) is 12.9. The molecular weight excluding hydrogens is 292 g/mol. The molecule has 20 heavy (non-hydrogen) atoms. The van der Waals surface area contributed by atoms with Gasteiger partial charge in [0.25, 0.3) is 0 Å². The predicted octanol–water partition coefficient (Wildman–Crippen LogP) is 4.03. The smallest absolute Gasteiger partial charge is 0.220 e. The number of thiocarbonyl (C=S) groups is 1. The van der Waals surface area contributed by atoms with Crippen LogP contribution in [-0.4, -0.2) is 9.97 Å². The SMILES string of the molecule is CCc1cc(Oc2cc(C(N)=S)cc(C)n2)ccc1Cl. The normalized spacial score (nSPS) is 10.3. The van der Waals surface area contributed by atoms with E-state index in [-0.39, 0.29) is 0 Å². The molecular formula is C15H15ClN2OS. The van der Waals surface area contributed by atoms with Crippen molar-refractivity contribution in [3.8, 4) is 11.6 Å². The lowest BCUT2D eigenvalue weighted by Gasteiger charge is -2.09. The minimum absolute atomic E-state index is 0.325. The van der Waals surface area contributed by atoms with E-state index in [2.05, 4.69) is 4.98 Å². The first kappa shape index (κ1) is 14.8. The molecule has 0 unspecified atom stereocenters. The van der Waals surface area contributed by atoms with E-state index in [0.29, 0.717) is 16.6 Å². The molecule has 1 aromatic heterocycles. The molecule has 5 heteroatoms. The molecule has 2 aromatic rings. The van der Waals surface area contributed by atoms with E-state index in [1.54, 1.807) is 6.07 Å². The van der Waals surface area contributed by atoms with Crippen molar-refractivity contribution in [2.45, 2.75) is 20.3 Å². The van der Waals surface area contributed by atoms with Gasteiger partial charge in [0, 0.05) is 22.3 Å². The van der Waals surface area contributed by atoms with Crippen LogP contribution in [-0.2, 0) is 6.42 Å². The fourth-order valence-electron chi connectivity index (χ4n) is 1.84. The van der Waals surface area contributed by atoms with Gasteiger partial charge in [0.05, 0.1) is 0 Å². The molecule has 0 atom stereocenters. The van der Waals surface area contributed by atoms with Gasteiger partial charge in [0.1, 0.15) is 10.7 Å². The van der Waals surface area contributed by atoms with Crippen LogP contribution in [0.1, 0.15) is 23.7 Å². The number of hydrogen-bond donors (Lipinski definition) is 1. The predicted molar refractivity (Wildman–Crippen MR) is 85.8 cm³/mol. The van der Waals surface area contributed by atoms with Crippen molar-refractivity contribution in [2.24, 2.45) is 5.73 Å². The summed E-state index contributed by atoms with van der Waals surface area (Å²) in [6.45, 7) is 3.91. The Hall–Kier alpha value is -1.65. The molecule has 0 saturated carbocycles. The molecule has 2 N–H and O–H groups in total. The summed E-state index contributed by atoms with van der Waals surface area (Å²) in [7, 11) is 0. The highest BCUT2D eigenvalue weighted by molar-refractivity contribution is 7.80. The lowest BCUT2D eigenvalue weighted by Crippen LogP contribution is -2.10.